The maximum atomic E-state index is 9.98. The molecule has 1 aromatic heterocycles. The number of rotatable bonds is 2. The monoisotopic (exact) mass is 297 g/mol. The van der Waals surface area contributed by atoms with Crippen molar-refractivity contribution in [2.75, 3.05) is 43.9 Å². The van der Waals surface area contributed by atoms with Crippen LogP contribution in [0.2, 0.25) is 0 Å². The van der Waals surface area contributed by atoms with Crippen LogP contribution >= 0.6 is 0 Å². The Kier molecular flexibility index (Phi) is 2.77. The van der Waals surface area contributed by atoms with Gasteiger partial charge in [-0.2, -0.15) is 0 Å². The van der Waals surface area contributed by atoms with Crippen LogP contribution in [0.4, 0.5) is 11.5 Å². The van der Waals surface area contributed by atoms with Gasteiger partial charge in [-0.15, -0.1) is 10.2 Å². The second-order valence-electron chi connectivity index (χ2n) is 6.55. The lowest BCUT2D eigenvalue weighted by Crippen LogP contribution is -2.71. The lowest BCUT2D eigenvalue weighted by molar-refractivity contribution is -0.00234. The van der Waals surface area contributed by atoms with Gasteiger partial charge >= 0.3 is 0 Å². The van der Waals surface area contributed by atoms with Crippen molar-refractivity contribution in [2.45, 2.75) is 0 Å². The zero-order chi connectivity index (χ0) is 15.3. The van der Waals surface area contributed by atoms with Gasteiger partial charge < -0.3 is 20.6 Å². The molecule has 0 bridgehead atoms. The number of nitrogens with zero attached hydrogens (tertiary/aromatic N) is 4. The Labute approximate surface area is 129 Å². The zero-order valence-corrected chi connectivity index (χ0v) is 12.5. The van der Waals surface area contributed by atoms with Gasteiger partial charge in [0.05, 0.1) is 11.4 Å². The van der Waals surface area contributed by atoms with Gasteiger partial charge in [-0.05, 0) is 25.2 Å². The number of aromatic nitrogens is 2. The van der Waals surface area contributed by atoms with Gasteiger partial charge in [0.15, 0.2) is 5.82 Å². The van der Waals surface area contributed by atoms with E-state index in [4.69, 9.17) is 5.73 Å². The average molecular weight is 297 g/mol. The molecule has 0 unspecified atom stereocenters. The fourth-order valence-electron chi connectivity index (χ4n) is 3.70. The molecule has 2 saturated heterocycles. The second kappa shape index (κ2) is 4.58. The molecule has 6 heteroatoms. The zero-order valence-electron chi connectivity index (χ0n) is 12.5. The smallest absolute Gasteiger partial charge is 0.169 e. The van der Waals surface area contributed by atoms with E-state index in [2.05, 4.69) is 27.0 Å². The first-order chi connectivity index (χ1) is 10.6. The maximum Gasteiger partial charge on any atom is 0.169 e. The van der Waals surface area contributed by atoms with Crippen molar-refractivity contribution in [1.82, 2.24) is 15.1 Å². The van der Waals surface area contributed by atoms with Gasteiger partial charge in [0.25, 0.3) is 0 Å². The van der Waals surface area contributed by atoms with Gasteiger partial charge in [0.2, 0.25) is 0 Å². The van der Waals surface area contributed by atoms with Gasteiger partial charge in [0.1, 0.15) is 5.75 Å². The van der Waals surface area contributed by atoms with Crippen molar-refractivity contribution in [3.05, 3.63) is 30.3 Å². The first-order valence-corrected chi connectivity index (χ1v) is 7.41. The van der Waals surface area contributed by atoms with Crippen molar-refractivity contribution in [1.29, 1.82) is 0 Å². The van der Waals surface area contributed by atoms with Crippen LogP contribution in [-0.2, 0) is 0 Å². The molecule has 1 aromatic carbocycles. The molecule has 0 aliphatic carbocycles. The highest BCUT2D eigenvalue weighted by molar-refractivity contribution is 5.74. The molecule has 0 saturated carbocycles. The molecule has 22 heavy (non-hydrogen) atoms. The predicted octanol–water partition coefficient (Wildman–Crippen LogP) is 1.18. The third-order valence-electron chi connectivity index (χ3n) is 4.59. The Morgan fingerprint density at radius 2 is 1.86 bits per heavy atom. The topological polar surface area (TPSA) is 78.5 Å². The summed E-state index contributed by atoms with van der Waals surface area (Å²) in [5.41, 5.74) is 8.67. The summed E-state index contributed by atoms with van der Waals surface area (Å²) in [5.74, 6) is 0.648. The summed E-state index contributed by atoms with van der Waals surface area (Å²) < 4.78 is 0. The molecule has 2 aliphatic rings. The van der Waals surface area contributed by atoms with Crippen LogP contribution in [0.5, 0.6) is 5.75 Å². The molecule has 114 valence electrons. The Balaban J connectivity index is 1.61. The first-order valence-electron chi connectivity index (χ1n) is 7.41. The third kappa shape index (κ3) is 1.99. The summed E-state index contributed by atoms with van der Waals surface area (Å²) in [7, 11) is 2.15. The second-order valence-corrected chi connectivity index (χ2v) is 6.55. The van der Waals surface area contributed by atoms with Crippen molar-refractivity contribution in [3.8, 4) is 17.0 Å². The van der Waals surface area contributed by atoms with Crippen molar-refractivity contribution in [3.63, 3.8) is 0 Å². The number of nitrogens with two attached hydrogens (primary N) is 1. The number of nitrogen functional groups attached to an aromatic ring is 1. The van der Waals surface area contributed by atoms with E-state index in [1.165, 1.54) is 0 Å². The summed E-state index contributed by atoms with van der Waals surface area (Å²) >= 11 is 0. The molecule has 2 aliphatic heterocycles. The van der Waals surface area contributed by atoms with E-state index in [0.717, 1.165) is 31.9 Å². The number of para-hydroxylation sites is 1. The summed E-state index contributed by atoms with van der Waals surface area (Å²) in [4.78, 5) is 4.58. The largest absolute Gasteiger partial charge is 0.507 e. The molecular weight excluding hydrogens is 278 g/mol. The van der Waals surface area contributed by atoms with Crippen molar-refractivity contribution in [2.24, 2.45) is 5.41 Å². The van der Waals surface area contributed by atoms with Gasteiger partial charge in [-0.3, -0.25) is 0 Å². The van der Waals surface area contributed by atoms with E-state index in [0.29, 0.717) is 22.5 Å². The standard InChI is InChI=1S/C16H19N5O/c1-20-7-16(8-20)9-21(10-16)13-6-12(18-19-15(13)17)11-4-2-3-5-14(11)22/h2-6,22H,7-10H2,1H3,(H2,17,19). The van der Waals surface area contributed by atoms with Gasteiger partial charge in [-0.1, -0.05) is 12.1 Å². The quantitative estimate of drug-likeness (QED) is 0.867. The summed E-state index contributed by atoms with van der Waals surface area (Å²) in [6.45, 7) is 4.31. The number of aromatic hydroxyl groups is 1. The number of hydrogen-bond donors (Lipinski definition) is 2. The number of phenolic OH excluding ortho intramolecular Hbond substituents is 1. The molecule has 4 rings (SSSR count). The van der Waals surface area contributed by atoms with E-state index in [1.54, 1.807) is 12.1 Å². The average Bonchev–Trinajstić information content (AvgIpc) is 2.43. The third-order valence-corrected chi connectivity index (χ3v) is 4.59. The summed E-state index contributed by atoms with van der Waals surface area (Å²) in [6, 6.07) is 9.06. The number of anilines is 2. The fourth-order valence-corrected chi connectivity index (χ4v) is 3.70. The van der Waals surface area contributed by atoms with Crippen molar-refractivity contribution < 1.29 is 5.11 Å². The van der Waals surface area contributed by atoms with Crippen LogP contribution in [0.1, 0.15) is 0 Å². The predicted molar refractivity (Wildman–Crippen MR) is 85.7 cm³/mol. The van der Waals surface area contributed by atoms with Crippen LogP contribution < -0.4 is 10.6 Å². The highest BCUT2D eigenvalue weighted by Gasteiger charge is 2.50. The van der Waals surface area contributed by atoms with Gasteiger partial charge in [0, 0.05) is 37.2 Å². The van der Waals surface area contributed by atoms with Crippen LogP contribution in [0.15, 0.2) is 30.3 Å². The SMILES string of the molecule is CN1CC2(C1)CN(c1cc(-c3ccccc3O)nnc1N)C2. The Hall–Kier alpha value is -2.34. The molecule has 0 amide bonds. The molecule has 3 heterocycles. The Morgan fingerprint density at radius 3 is 2.55 bits per heavy atom. The lowest BCUT2D eigenvalue weighted by Gasteiger charge is -2.60. The van der Waals surface area contributed by atoms with Crippen LogP contribution in [0, 0.1) is 5.41 Å². The van der Waals surface area contributed by atoms with Crippen molar-refractivity contribution >= 4 is 11.5 Å². The number of benzene rings is 1. The highest BCUT2D eigenvalue weighted by Crippen LogP contribution is 2.43. The molecule has 0 atom stereocenters. The Morgan fingerprint density at radius 1 is 1.14 bits per heavy atom. The molecule has 1 spiro atoms. The molecule has 2 aromatic rings. The summed E-state index contributed by atoms with van der Waals surface area (Å²) in [6.07, 6.45) is 0. The van der Waals surface area contributed by atoms with E-state index < -0.39 is 0 Å². The minimum Gasteiger partial charge on any atom is -0.507 e. The van der Waals surface area contributed by atoms with Crippen LogP contribution in [-0.4, -0.2) is 53.4 Å². The normalized spacial score (nSPS) is 19.8. The molecule has 3 N–H and O–H groups in total. The number of hydrogen-bond acceptors (Lipinski definition) is 6. The Bertz CT molecular complexity index is 718. The summed E-state index contributed by atoms with van der Waals surface area (Å²) in [5, 5.41) is 18.2. The lowest BCUT2D eigenvalue weighted by atomic mass is 9.73. The maximum absolute atomic E-state index is 9.98. The number of phenols is 1. The molecule has 6 nitrogen and oxygen atoms in total. The van der Waals surface area contributed by atoms with Crippen LogP contribution in [0.3, 0.4) is 0 Å². The molecule has 0 radical (unpaired) electrons. The van der Waals surface area contributed by atoms with Gasteiger partial charge in [-0.25, -0.2) is 0 Å². The minimum absolute atomic E-state index is 0.202. The van der Waals surface area contributed by atoms with E-state index >= 15 is 0 Å². The van der Waals surface area contributed by atoms with Crippen LogP contribution in [0.25, 0.3) is 11.3 Å². The minimum atomic E-state index is 0.202. The fraction of sp³-hybridized carbons (Fsp3) is 0.375. The first kappa shape index (κ1) is 13.3. The molecule has 2 fully saturated rings. The van der Waals surface area contributed by atoms with E-state index in [1.807, 2.05) is 18.2 Å². The number of likely N-dealkylation sites (tertiary alicyclic amines) is 1. The molecular formula is C16H19N5O. The highest BCUT2D eigenvalue weighted by atomic mass is 16.3. The van der Waals surface area contributed by atoms with E-state index in [-0.39, 0.29) is 5.75 Å². The van der Waals surface area contributed by atoms with E-state index in [9.17, 15) is 5.11 Å².